The zero-order valence-electron chi connectivity index (χ0n) is 12.4. The zero-order valence-corrected chi connectivity index (χ0v) is 13.2. The van der Waals surface area contributed by atoms with Gasteiger partial charge in [0, 0.05) is 22.9 Å². The van der Waals surface area contributed by atoms with Crippen LogP contribution in [0, 0.1) is 20.8 Å². The molecule has 2 heterocycles. The predicted octanol–water partition coefficient (Wildman–Crippen LogP) is 3.37. The summed E-state index contributed by atoms with van der Waals surface area (Å²) in [6.45, 7) is 5.63. The molecule has 3 rings (SSSR count). The van der Waals surface area contributed by atoms with Crippen molar-refractivity contribution in [1.29, 1.82) is 0 Å². The maximum Gasteiger partial charge on any atom is 0.257 e. The van der Waals surface area contributed by atoms with Crippen molar-refractivity contribution in [3.8, 4) is 11.5 Å². The molecule has 22 heavy (non-hydrogen) atoms. The topological polar surface area (TPSA) is 80.9 Å². The van der Waals surface area contributed by atoms with Crippen LogP contribution in [0.25, 0.3) is 11.5 Å². The summed E-state index contributed by atoms with van der Waals surface area (Å²) in [6.07, 6.45) is 0. The molecule has 0 aliphatic carbocycles. The Balaban J connectivity index is 1.76. The van der Waals surface area contributed by atoms with Gasteiger partial charge < -0.3 is 4.42 Å². The summed E-state index contributed by atoms with van der Waals surface area (Å²) < 4.78 is 5.35. The largest absolute Gasteiger partial charge is 0.421 e. The molecule has 0 radical (unpaired) electrons. The van der Waals surface area contributed by atoms with E-state index < -0.39 is 0 Å². The molecule has 0 bridgehead atoms. The van der Waals surface area contributed by atoms with Crippen molar-refractivity contribution in [2.75, 3.05) is 5.32 Å². The molecule has 6 nitrogen and oxygen atoms in total. The van der Waals surface area contributed by atoms with Crippen LogP contribution in [0.2, 0.25) is 0 Å². The fourth-order valence-corrected chi connectivity index (χ4v) is 2.68. The van der Waals surface area contributed by atoms with Crippen molar-refractivity contribution in [3.63, 3.8) is 0 Å². The van der Waals surface area contributed by atoms with E-state index in [1.54, 1.807) is 31.2 Å². The molecule has 0 saturated heterocycles. The number of aryl methyl sites for hydroxylation is 3. The predicted molar refractivity (Wildman–Crippen MR) is 84.0 cm³/mol. The van der Waals surface area contributed by atoms with E-state index in [0.29, 0.717) is 22.5 Å². The Morgan fingerprint density at radius 1 is 1.14 bits per heavy atom. The molecule has 3 aromatic rings. The van der Waals surface area contributed by atoms with Crippen molar-refractivity contribution in [2.45, 2.75) is 20.8 Å². The number of thiazole rings is 1. The minimum absolute atomic E-state index is 0.193. The Morgan fingerprint density at radius 3 is 2.41 bits per heavy atom. The summed E-state index contributed by atoms with van der Waals surface area (Å²) in [7, 11) is 0. The van der Waals surface area contributed by atoms with Crippen LogP contribution in [0.15, 0.2) is 28.7 Å². The van der Waals surface area contributed by atoms with Crippen LogP contribution >= 0.6 is 11.3 Å². The van der Waals surface area contributed by atoms with Crippen LogP contribution in [-0.4, -0.2) is 21.1 Å². The highest BCUT2D eigenvalue weighted by Gasteiger charge is 2.11. The Hall–Kier alpha value is -2.54. The van der Waals surface area contributed by atoms with Gasteiger partial charge in [-0.05, 0) is 38.1 Å². The quantitative estimate of drug-likeness (QED) is 0.801. The third kappa shape index (κ3) is 2.89. The molecule has 1 N–H and O–H groups in total. The monoisotopic (exact) mass is 314 g/mol. The van der Waals surface area contributed by atoms with Crippen molar-refractivity contribution < 1.29 is 9.21 Å². The fourth-order valence-electron chi connectivity index (χ4n) is 1.87. The number of carbonyl (C=O) groups is 1. The van der Waals surface area contributed by atoms with Crippen molar-refractivity contribution >= 4 is 22.4 Å². The van der Waals surface area contributed by atoms with Gasteiger partial charge in [-0.15, -0.1) is 21.5 Å². The van der Waals surface area contributed by atoms with Crippen molar-refractivity contribution in [2.24, 2.45) is 0 Å². The van der Waals surface area contributed by atoms with Gasteiger partial charge in [0.25, 0.3) is 5.91 Å². The molecule has 0 saturated carbocycles. The smallest absolute Gasteiger partial charge is 0.257 e. The number of aromatic nitrogens is 3. The molecule has 0 unspecified atom stereocenters. The molecule has 0 fully saturated rings. The zero-order chi connectivity index (χ0) is 15.7. The summed E-state index contributed by atoms with van der Waals surface area (Å²) in [5, 5.41) is 11.1. The number of carbonyl (C=O) groups excluding carboxylic acids is 1. The Labute approximate surface area is 131 Å². The first-order chi connectivity index (χ1) is 10.5. The number of rotatable bonds is 3. The van der Waals surface area contributed by atoms with Crippen LogP contribution in [0.5, 0.6) is 0 Å². The van der Waals surface area contributed by atoms with E-state index in [0.717, 1.165) is 16.1 Å². The summed E-state index contributed by atoms with van der Waals surface area (Å²) in [6, 6.07) is 7.00. The lowest BCUT2D eigenvalue weighted by atomic mass is 10.1. The van der Waals surface area contributed by atoms with Crippen LogP contribution < -0.4 is 5.32 Å². The molecular formula is C15H14N4O2S. The molecule has 0 aliphatic rings. The lowest BCUT2D eigenvalue weighted by Crippen LogP contribution is -2.11. The number of nitrogens with zero attached hydrogens (tertiary/aromatic N) is 3. The van der Waals surface area contributed by atoms with Crippen molar-refractivity contribution in [3.05, 3.63) is 46.3 Å². The Bertz CT molecular complexity index is 801. The van der Waals surface area contributed by atoms with E-state index in [-0.39, 0.29) is 5.91 Å². The average Bonchev–Trinajstić information content (AvgIpc) is 3.06. The average molecular weight is 314 g/mol. The van der Waals surface area contributed by atoms with Crippen LogP contribution in [0.1, 0.15) is 26.8 Å². The van der Waals surface area contributed by atoms with Crippen LogP contribution in [-0.2, 0) is 0 Å². The number of amides is 1. The second kappa shape index (κ2) is 5.69. The minimum Gasteiger partial charge on any atom is -0.421 e. The number of benzene rings is 1. The number of anilines is 1. The summed E-state index contributed by atoms with van der Waals surface area (Å²) in [5.74, 6) is 0.754. The van der Waals surface area contributed by atoms with Gasteiger partial charge in [-0.1, -0.05) is 0 Å². The number of hydrogen-bond donors (Lipinski definition) is 1. The van der Waals surface area contributed by atoms with Crippen LogP contribution in [0.3, 0.4) is 0 Å². The molecular weight excluding hydrogens is 300 g/mol. The molecule has 2 aromatic heterocycles. The van der Waals surface area contributed by atoms with E-state index in [1.807, 2.05) is 13.8 Å². The van der Waals surface area contributed by atoms with E-state index in [4.69, 9.17) is 4.42 Å². The standard InChI is InChI=1S/C15H14N4O2S/c1-8-9(2)22-15(16-8)17-13(20)11-4-6-12(7-5-11)14-19-18-10(3)21-14/h4-7H,1-3H3,(H,16,17,20). The normalized spacial score (nSPS) is 10.7. The maximum atomic E-state index is 12.2. The summed E-state index contributed by atoms with van der Waals surface area (Å²) >= 11 is 1.46. The maximum absolute atomic E-state index is 12.2. The summed E-state index contributed by atoms with van der Waals surface area (Å²) in [4.78, 5) is 17.6. The first-order valence-corrected chi connectivity index (χ1v) is 7.50. The van der Waals surface area contributed by atoms with E-state index in [9.17, 15) is 4.79 Å². The SMILES string of the molecule is Cc1nnc(-c2ccc(C(=O)Nc3nc(C)c(C)s3)cc2)o1. The second-order valence-corrected chi connectivity index (χ2v) is 6.02. The van der Waals surface area contributed by atoms with Gasteiger partial charge in [0.05, 0.1) is 5.69 Å². The highest BCUT2D eigenvalue weighted by Crippen LogP contribution is 2.22. The molecule has 0 spiro atoms. The molecule has 0 aliphatic heterocycles. The van der Waals surface area contributed by atoms with Crippen LogP contribution in [0.4, 0.5) is 5.13 Å². The lowest BCUT2D eigenvalue weighted by Gasteiger charge is -2.02. The lowest BCUT2D eigenvalue weighted by molar-refractivity contribution is 0.102. The third-order valence-corrected chi connectivity index (χ3v) is 4.16. The van der Waals surface area contributed by atoms with E-state index >= 15 is 0 Å². The number of hydrogen-bond acceptors (Lipinski definition) is 6. The third-order valence-electron chi connectivity index (χ3n) is 3.17. The number of nitrogens with one attached hydrogen (secondary N) is 1. The van der Waals surface area contributed by atoms with E-state index in [2.05, 4.69) is 20.5 Å². The molecule has 112 valence electrons. The molecule has 0 atom stereocenters. The van der Waals surface area contributed by atoms with Gasteiger partial charge in [0.1, 0.15) is 0 Å². The highest BCUT2D eigenvalue weighted by molar-refractivity contribution is 7.15. The first-order valence-electron chi connectivity index (χ1n) is 6.69. The molecule has 7 heteroatoms. The van der Waals surface area contributed by atoms with E-state index in [1.165, 1.54) is 11.3 Å². The second-order valence-electron chi connectivity index (χ2n) is 4.82. The Morgan fingerprint density at radius 2 is 1.86 bits per heavy atom. The van der Waals surface area contributed by atoms with Gasteiger partial charge in [0.2, 0.25) is 11.8 Å². The van der Waals surface area contributed by atoms with Gasteiger partial charge in [-0.3, -0.25) is 10.1 Å². The van der Waals surface area contributed by atoms with Gasteiger partial charge >= 0.3 is 0 Å². The van der Waals surface area contributed by atoms with Gasteiger partial charge in [0.15, 0.2) is 5.13 Å². The summed E-state index contributed by atoms with van der Waals surface area (Å²) in [5.41, 5.74) is 2.26. The highest BCUT2D eigenvalue weighted by atomic mass is 32.1. The minimum atomic E-state index is -0.193. The molecule has 1 aromatic carbocycles. The first kappa shape index (κ1) is 14.4. The fraction of sp³-hybridized carbons (Fsp3) is 0.200. The van der Waals surface area contributed by atoms with Gasteiger partial charge in [-0.25, -0.2) is 4.98 Å². The van der Waals surface area contributed by atoms with Crippen molar-refractivity contribution in [1.82, 2.24) is 15.2 Å². The van der Waals surface area contributed by atoms with Gasteiger partial charge in [-0.2, -0.15) is 0 Å². The molecule has 1 amide bonds. The Kier molecular flexibility index (Phi) is 3.72.